The number of rotatable bonds is 5. The van der Waals surface area contributed by atoms with E-state index < -0.39 is 0 Å². The van der Waals surface area contributed by atoms with E-state index in [1.54, 1.807) is 0 Å². The third-order valence-corrected chi connectivity index (χ3v) is 4.62. The molecule has 0 spiro atoms. The van der Waals surface area contributed by atoms with Gasteiger partial charge >= 0.3 is 0 Å². The maximum Gasteiger partial charge on any atom is 0.0301 e. The highest BCUT2D eigenvalue weighted by Gasteiger charge is 2.25. The standard InChI is InChI=1S/C14H23BrN2/c1-10(2)14(4,9-16)17-8-12-6-5-7-13(15)11(12)3/h5-7,10,17H,8-9,16H2,1-4H3. The molecule has 1 aromatic rings. The third kappa shape index (κ3) is 3.54. The lowest BCUT2D eigenvalue weighted by Gasteiger charge is -2.34. The lowest BCUT2D eigenvalue weighted by Crippen LogP contribution is -2.52. The summed E-state index contributed by atoms with van der Waals surface area (Å²) in [5, 5.41) is 3.58. The second-order valence-corrected chi connectivity index (χ2v) is 6.01. The first-order chi connectivity index (χ1) is 7.90. The Bertz CT molecular complexity index is 376. The molecular formula is C14H23BrN2. The van der Waals surface area contributed by atoms with E-state index in [0.29, 0.717) is 12.5 Å². The van der Waals surface area contributed by atoms with E-state index >= 15 is 0 Å². The van der Waals surface area contributed by atoms with Crippen LogP contribution < -0.4 is 11.1 Å². The summed E-state index contributed by atoms with van der Waals surface area (Å²) < 4.78 is 1.16. The van der Waals surface area contributed by atoms with Crippen LogP contribution in [0.3, 0.4) is 0 Å². The molecule has 3 heteroatoms. The minimum Gasteiger partial charge on any atom is -0.329 e. The minimum atomic E-state index is -0.00520. The van der Waals surface area contributed by atoms with Crippen LogP contribution in [0.25, 0.3) is 0 Å². The number of benzene rings is 1. The zero-order chi connectivity index (χ0) is 13.1. The monoisotopic (exact) mass is 298 g/mol. The van der Waals surface area contributed by atoms with E-state index in [1.807, 2.05) is 0 Å². The fourth-order valence-electron chi connectivity index (χ4n) is 1.65. The molecule has 1 atom stereocenters. The van der Waals surface area contributed by atoms with Gasteiger partial charge in [-0.05, 0) is 37.0 Å². The summed E-state index contributed by atoms with van der Waals surface area (Å²) in [5.74, 6) is 0.514. The maximum absolute atomic E-state index is 5.87. The van der Waals surface area contributed by atoms with Crippen LogP contribution in [0.1, 0.15) is 31.9 Å². The van der Waals surface area contributed by atoms with Crippen LogP contribution in [-0.2, 0) is 6.54 Å². The van der Waals surface area contributed by atoms with Crippen LogP contribution in [0.4, 0.5) is 0 Å². The van der Waals surface area contributed by atoms with Crippen molar-refractivity contribution in [3.8, 4) is 0 Å². The van der Waals surface area contributed by atoms with Crippen molar-refractivity contribution >= 4 is 15.9 Å². The van der Waals surface area contributed by atoms with E-state index in [4.69, 9.17) is 5.73 Å². The van der Waals surface area contributed by atoms with E-state index in [9.17, 15) is 0 Å². The number of nitrogens with one attached hydrogen (secondary N) is 1. The summed E-state index contributed by atoms with van der Waals surface area (Å²) in [7, 11) is 0. The molecule has 96 valence electrons. The molecule has 0 heterocycles. The summed E-state index contributed by atoms with van der Waals surface area (Å²) in [6.45, 7) is 10.2. The first-order valence-electron chi connectivity index (χ1n) is 6.10. The van der Waals surface area contributed by atoms with Crippen LogP contribution in [-0.4, -0.2) is 12.1 Å². The highest BCUT2D eigenvalue weighted by molar-refractivity contribution is 9.10. The molecule has 3 N–H and O–H groups in total. The van der Waals surface area contributed by atoms with Gasteiger partial charge in [-0.3, -0.25) is 0 Å². The zero-order valence-corrected chi connectivity index (χ0v) is 12.8. The van der Waals surface area contributed by atoms with Gasteiger partial charge < -0.3 is 11.1 Å². The van der Waals surface area contributed by atoms with Gasteiger partial charge in [-0.1, -0.05) is 41.9 Å². The Labute approximate surface area is 113 Å². The summed E-state index contributed by atoms with van der Waals surface area (Å²) in [6, 6.07) is 6.30. The second kappa shape index (κ2) is 5.98. The van der Waals surface area contributed by atoms with Crippen molar-refractivity contribution in [1.29, 1.82) is 0 Å². The molecule has 1 unspecified atom stereocenters. The van der Waals surface area contributed by atoms with Crippen LogP contribution in [0.15, 0.2) is 22.7 Å². The van der Waals surface area contributed by atoms with Crippen molar-refractivity contribution in [2.24, 2.45) is 11.7 Å². The van der Waals surface area contributed by atoms with Crippen molar-refractivity contribution < 1.29 is 0 Å². The molecule has 0 saturated heterocycles. The predicted molar refractivity (Wildman–Crippen MR) is 78.0 cm³/mol. The molecule has 0 amide bonds. The van der Waals surface area contributed by atoms with Crippen molar-refractivity contribution in [3.05, 3.63) is 33.8 Å². The molecule has 0 aromatic heterocycles. The summed E-state index contributed by atoms with van der Waals surface area (Å²) in [5.41, 5.74) is 8.48. The molecule has 0 aliphatic heterocycles. The summed E-state index contributed by atoms with van der Waals surface area (Å²) in [6.07, 6.45) is 0. The van der Waals surface area contributed by atoms with E-state index in [-0.39, 0.29) is 5.54 Å². The number of hydrogen-bond donors (Lipinski definition) is 2. The summed E-state index contributed by atoms with van der Waals surface area (Å²) in [4.78, 5) is 0. The highest BCUT2D eigenvalue weighted by Crippen LogP contribution is 2.21. The van der Waals surface area contributed by atoms with Gasteiger partial charge in [-0.2, -0.15) is 0 Å². The topological polar surface area (TPSA) is 38.0 Å². The molecule has 1 aromatic carbocycles. The van der Waals surface area contributed by atoms with Gasteiger partial charge in [0.15, 0.2) is 0 Å². The lowest BCUT2D eigenvalue weighted by molar-refractivity contribution is 0.267. The maximum atomic E-state index is 5.87. The quantitative estimate of drug-likeness (QED) is 0.876. The minimum absolute atomic E-state index is 0.00520. The lowest BCUT2D eigenvalue weighted by atomic mass is 9.88. The van der Waals surface area contributed by atoms with Gasteiger partial charge in [0, 0.05) is 23.1 Å². The van der Waals surface area contributed by atoms with Gasteiger partial charge in [-0.15, -0.1) is 0 Å². The first kappa shape index (κ1) is 14.7. The molecule has 0 aliphatic carbocycles. The fourth-order valence-corrected chi connectivity index (χ4v) is 2.06. The Morgan fingerprint density at radius 3 is 2.59 bits per heavy atom. The van der Waals surface area contributed by atoms with Crippen molar-refractivity contribution in [3.63, 3.8) is 0 Å². The smallest absolute Gasteiger partial charge is 0.0301 e. The Kier molecular flexibility index (Phi) is 5.17. The van der Waals surface area contributed by atoms with Crippen molar-refractivity contribution in [2.75, 3.05) is 6.54 Å². The predicted octanol–water partition coefficient (Wildman–Crippen LogP) is 3.22. The van der Waals surface area contributed by atoms with Crippen molar-refractivity contribution in [2.45, 2.75) is 39.8 Å². The second-order valence-electron chi connectivity index (χ2n) is 5.15. The largest absolute Gasteiger partial charge is 0.329 e. The van der Waals surface area contributed by atoms with Crippen LogP contribution >= 0.6 is 15.9 Å². The Morgan fingerprint density at radius 1 is 1.41 bits per heavy atom. The average Bonchev–Trinajstić information content (AvgIpc) is 2.30. The van der Waals surface area contributed by atoms with Crippen LogP contribution in [0.2, 0.25) is 0 Å². The van der Waals surface area contributed by atoms with Crippen molar-refractivity contribution in [1.82, 2.24) is 5.32 Å². The molecule has 1 rings (SSSR count). The van der Waals surface area contributed by atoms with Gasteiger partial charge in [0.2, 0.25) is 0 Å². The number of nitrogens with two attached hydrogens (primary N) is 1. The molecule has 0 radical (unpaired) electrons. The zero-order valence-electron chi connectivity index (χ0n) is 11.2. The molecule has 0 fully saturated rings. The third-order valence-electron chi connectivity index (χ3n) is 3.76. The first-order valence-corrected chi connectivity index (χ1v) is 6.89. The average molecular weight is 299 g/mol. The Morgan fingerprint density at radius 2 is 2.06 bits per heavy atom. The molecule has 0 saturated carbocycles. The van der Waals surface area contributed by atoms with Crippen LogP contribution in [0, 0.1) is 12.8 Å². The Balaban J connectivity index is 2.76. The van der Waals surface area contributed by atoms with E-state index in [2.05, 4.69) is 67.1 Å². The van der Waals surface area contributed by atoms with Crippen LogP contribution in [0.5, 0.6) is 0 Å². The fraction of sp³-hybridized carbons (Fsp3) is 0.571. The molecule has 17 heavy (non-hydrogen) atoms. The Hall–Kier alpha value is -0.380. The number of halogens is 1. The van der Waals surface area contributed by atoms with Gasteiger partial charge in [0.1, 0.15) is 0 Å². The highest BCUT2D eigenvalue weighted by atomic mass is 79.9. The van der Waals surface area contributed by atoms with Gasteiger partial charge in [0.05, 0.1) is 0 Å². The normalized spacial score (nSPS) is 15.0. The molecule has 2 nitrogen and oxygen atoms in total. The van der Waals surface area contributed by atoms with E-state index in [0.717, 1.165) is 11.0 Å². The molecule has 0 bridgehead atoms. The molecular weight excluding hydrogens is 276 g/mol. The van der Waals surface area contributed by atoms with Gasteiger partial charge in [-0.25, -0.2) is 0 Å². The van der Waals surface area contributed by atoms with E-state index in [1.165, 1.54) is 11.1 Å². The SMILES string of the molecule is Cc1c(Br)cccc1CNC(C)(CN)C(C)C. The van der Waals surface area contributed by atoms with Gasteiger partial charge in [0.25, 0.3) is 0 Å². The number of hydrogen-bond acceptors (Lipinski definition) is 2. The summed E-state index contributed by atoms with van der Waals surface area (Å²) >= 11 is 3.56. The molecule has 0 aliphatic rings.